The number of carbonyl (C=O) groups is 1. The van der Waals surface area contributed by atoms with Crippen LogP contribution in [0.1, 0.15) is 26.3 Å². The Balaban J connectivity index is 2.69. The van der Waals surface area contributed by atoms with Gasteiger partial charge in [0.05, 0.1) is 11.3 Å². The third kappa shape index (κ3) is 4.14. The van der Waals surface area contributed by atoms with Gasteiger partial charge in [0, 0.05) is 12.7 Å². The third-order valence-corrected chi connectivity index (χ3v) is 2.54. The summed E-state index contributed by atoms with van der Waals surface area (Å²) in [6.07, 6.45) is 1.48. The van der Waals surface area contributed by atoms with Crippen LogP contribution in [0.3, 0.4) is 0 Å². The van der Waals surface area contributed by atoms with Gasteiger partial charge in [-0.05, 0) is 18.9 Å². The van der Waals surface area contributed by atoms with Gasteiger partial charge in [0.2, 0.25) is 5.91 Å². The summed E-state index contributed by atoms with van der Waals surface area (Å²) in [7, 11) is 0. The predicted molar refractivity (Wildman–Crippen MR) is 74.3 cm³/mol. The number of nitrogens with one attached hydrogen (secondary N) is 2. The minimum atomic E-state index is -0.470. The molecule has 0 aromatic carbocycles. The molecule has 0 saturated heterocycles. The Kier molecular flexibility index (Phi) is 5.12. The maximum Gasteiger partial charge on any atom is 0.242 e. The van der Waals surface area contributed by atoms with E-state index in [9.17, 15) is 4.79 Å². The van der Waals surface area contributed by atoms with Gasteiger partial charge in [-0.1, -0.05) is 13.8 Å². The molecule has 0 radical (unpaired) electrons. The maximum absolute atomic E-state index is 11.8. The molecule has 0 aliphatic rings. The number of nitriles is 1. The van der Waals surface area contributed by atoms with Gasteiger partial charge in [-0.3, -0.25) is 4.79 Å². The summed E-state index contributed by atoms with van der Waals surface area (Å²) < 4.78 is 0. The summed E-state index contributed by atoms with van der Waals surface area (Å²) in [5.41, 5.74) is 6.38. The monoisotopic (exact) mass is 261 g/mol. The lowest BCUT2D eigenvalue weighted by atomic mass is 10.2. The van der Waals surface area contributed by atoms with Crippen molar-refractivity contribution in [2.75, 3.05) is 17.6 Å². The zero-order chi connectivity index (χ0) is 14.4. The molecule has 0 saturated carbocycles. The van der Waals surface area contributed by atoms with E-state index >= 15 is 0 Å². The lowest BCUT2D eigenvalue weighted by Gasteiger charge is -2.16. The highest BCUT2D eigenvalue weighted by Gasteiger charge is 2.15. The molecule has 6 nitrogen and oxygen atoms in total. The Morgan fingerprint density at radius 3 is 2.79 bits per heavy atom. The molecular weight excluding hydrogens is 242 g/mol. The average Bonchev–Trinajstić information content (AvgIpc) is 2.38. The molecule has 4 N–H and O–H groups in total. The zero-order valence-corrected chi connectivity index (χ0v) is 11.4. The van der Waals surface area contributed by atoms with Crippen LogP contribution in [0, 0.1) is 17.2 Å². The van der Waals surface area contributed by atoms with Crippen LogP contribution in [0.25, 0.3) is 0 Å². The summed E-state index contributed by atoms with van der Waals surface area (Å²) in [6.45, 7) is 6.38. The second-order valence-corrected chi connectivity index (χ2v) is 4.74. The fourth-order valence-corrected chi connectivity index (χ4v) is 1.41. The van der Waals surface area contributed by atoms with E-state index in [0.717, 1.165) is 0 Å². The van der Waals surface area contributed by atoms with Crippen LogP contribution in [0.15, 0.2) is 12.3 Å². The first-order valence-corrected chi connectivity index (χ1v) is 6.14. The SMILES string of the molecule is CC(C)CNC(=O)C(C)Nc1nccc(C#N)c1N. The number of hydrogen-bond donors (Lipinski definition) is 3. The molecule has 102 valence electrons. The van der Waals surface area contributed by atoms with E-state index in [1.165, 1.54) is 12.3 Å². The van der Waals surface area contributed by atoms with Gasteiger partial charge < -0.3 is 16.4 Å². The number of nitrogens with two attached hydrogens (primary N) is 1. The number of hydrogen-bond acceptors (Lipinski definition) is 5. The average molecular weight is 261 g/mol. The fourth-order valence-electron chi connectivity index (χ4n) is 1.41. The topological polar surface area (TPSA) is 104 Å². The highest BCUT2D eigenvalue weighted by atomic mass is 16.2. The lowest BCUT2D eigenvalue weighted by molar-refractivity contribution is -0.121. The Bertz CT molecular complexity index is 492. The summed E-state index contributed by atoms with van der Waals surface area (Å²) in [6, 6.07) is 3.03. The molecule has 19 heavy (non-hydrogen) atoms. The van der Waals surface area contributed by atoms with Gasteiger partial charge in [-0.2, -0.15) is 5.26 Å². The van der Waals surface area contributed by atoms with E-state index in [-0.39, 0.29) is 11.6 Å². The second kappa shape index (κ2) is 6.59. The third-order valence-electron chi connectivity index (χ3n) is 2.54. The molecule has 1 amide bonds. The Hall–Kier alpha value is -2.29. The van der Waals surface area contributed by atoms with Crippen molar-refractivity contribution in [3.05, 3.63) is 17.8 Å². The molecule has 1 heterocycles. The molecule has 0 spiro atoms. The quantitative estimate of drug-likeness (QED) is 0.736. The molecule has 0 bridgehead atoms. The van der Waals surface area contributed by atoms with Crippen molar-refractivity contribution in [1.82, 2.24) is 10.3 Å². The zero-order valence-electron chi connectivity index (χ0n) is 11.4. The van der Waals surface area contributed by atoms with Gasteiger partial charge in [-0.15, -0.1) is 0 Å². The maximum atomic E-state index is 11.8. The summed E-state index contributed by atoms with van der Waals surface area (Å²) in [4.78, 5) is 15.8. The molecule has 6 heteroatoms. The molecule has 1 atom stereocenters. The summed E-state index contributed by atoms with van der Waals surface area (Å²) in [5.74, 6) is 0.616. The summed E-state index contributed by atoms with van der Waals surface area (Å²) >= 11 is 0. The molecule has 0 aliphatic heterocycles. The number of anilines is 2. The summed E-state index contributed by atoms with van der Waals surface area (Å²) in [5, 5.41) is 14.6. The van der Waals surface area contributed by atoms with Crippen LogP contribution in [-0.4, -0.2) is 23.5 Å². The number of carbonyl (C=O) groups excluding carboxylic acids is 1. The molecular formula is C13H19N5O. The van der Waals surface area contributed by atoms with Crippen molar-refractivity contribution in [3.63, 3.8) is 0 Å². The van der Waals surface area contributed by atoms with Gasteiger partial charge >= 0.3 is 0 Å². The van der Waals surface area contributed by atoms with Crippen LogP contribution in [-0.2, 0) is 4.79 Å². The highest BCUT2D eigenvalue weighted by Crippen LogP contribution is 2.19. The Morgan fingerprint density at radius 1 is 1.53 bits per heavy atom. The molecule has 0 fully saturated rings. The van der Waals surface area contributed by atoms with Crippen LogP contribution in [0.5, 0.6) is 0 Å². The van der Waals surface area contributed by atoms with E-state index in [1.54, 1.807) is 6.92 Å². The molecule has 1 unspecified atom stereocenters. The van der Waals surface area contributed by atoms with Crippen LogP contribution in [0.4, 0.5) is 11.5 Å². The molecule has 1 rings (SSSR count). The smallest absolute Gasteiger partial charge is 0.242 e. The van der Waals surface area contributed by atoms with Crippen LogP contribution in [0.2, 0.25) is 0 Å². The van der Waals surface area contributed by atoms with Crippen LogP contribution >= 0.6 is 0 Å². The van der Waals surface area contributed by atoms with E-state index in [4.69, 9.17) is 11.0 Å². The first-order chi connectivity index (χ1) is 8.95. The van der Waals surface area contributed by atoms with Gasteiger partial charge in [0.25, 0.3) is 0 Å². The van der Waals surface area contributed by atoms with E-state index < -0.39 is 6.04 Å². The molecule has 0 aliphatic carbocycles. The van der Waals surface area contributed by atoms with Crippen molar-refractivity contribution >= 4 is 17.4 Å². The van der Waals surface area contributed by atoms with Gasteiger partial charge in [-0.25, -0.2) is 4.98 Å². The van der Waals surface area contributed by atoms with Crippen LogP contribution < -0.4 is 16.4 Å². The minimum Gasteiger partial charge on any atom is -0.395 e. The van der Waals surface area contributed by atoms with Gasteiger partial charge in [0.15, 0.2) is 5.82 Å². The second-order valence-electron chi connectivity index (χ2n) is 4.74. The molecule has 1 aromatic rings. The standard InChI is InChI=1S/C13H19N5O/c1-8(2)7-17-13(19)9(3)18-12-11(15)10(6-14)4-5-16-12/h4-5,8-9H,7,15H2,1-3H3,(H,16,18)(H,17,19). The number of nitrogens with zero attached hydrogens (tertiary/aromatic N) is 2. The number of rotatable bonds is 5. The normalized spacial score (nSPS) is 11.7. The van der Waals surface area contributed by atoms with Gasteiger partial charge in [0.1, 0.15) is 12.1 Å². The first kappa shape index (κ1) is 14.8. The predicted octanol–water partition coefficient (Wildman–Crippen LogP) is 1.11. The number of nitrogen functional groups attached to an aromatic ring is 1. The minimum absolute atomic E-state index is 0.128. The fraction of sp³-hybridized carbons (Fsp3) is 0.462. The van der Waals surface area contributed by atoms with Crippen molar-refractivity contribution in [3.8, 4) is 6.07 Å². The largest absolute Gasteiger partial charge is 0.395 e. The number of amides is 1. The molecule has 1 aromatic heterocycles. The number of aromatic nitrogens is 1. The van der Waals surface area contributed by atoms with E-state index in [1.807, 2.05) is 19.9 Å². The van der Waals surface area contributed by atoms with Crippen molar-refractivity contribution in [2.45, 2.75) is 26.8 Å². The first-order valence-electron chi connectivity index (χ1n) is 6.14. The van der Waals surface area contributed by atoms with Crippen molar-refractivity contribution in [2.24, 2.45) is 5.92 Å². The van der Waals surface area contributed by atoms with E-state index in [2.05, 4.69) is 15.6 Å². The van der Waals surface area contributed by atoms with Crippen molar-refractivity contribution < 1.29 is 4.79 Å². The van der Waals surface area contributed by atoms with E-state index in [0.29, 0.717) is 23.8 Å². The highest BCUT2D eigenvalue weighted by molar-refractivity contribution is 5.85. The lowest BCUT2D eigenvalue weighted by Crippen LogP contribution is -2.39. The Morgan fingerprint density at radius 2 is 2.21 bits per heavy atom. The number of pyridine rings is 1. The van der Waals surface area contributed by atoms with Crippen molar-refractivity contribution in [1.29, 1.82) is 5.26 Å². The Labute approximate surface area is 113 Å².